The SMILES string of the molecule is C1=CCC(N2c3ccccc3C3=c4oc5c(ccc6c5c5ccccc5n6-c5ccccn5)c4=CCC32)C=C1. The number of rotatable bonds is 2. The van der Waals surface area contributed by atoms with Crippen molar-refractivity contribution in [3.8, 4) is 5.82 Å². The van der Waals surface area contributed by atoms with Gasteiger partial charge < -0.3 is 9.32 Å². The number of anilines is 1. The van der Waals surface area contributed by atoms with E-state index in [0.29, 0.717) is 6.04 Å². The van der Waals surface area contributed by atoms with Gasteiger partial charge in [0, 0.05) is 39.0 Å². The third kappa shape index (κ3) is 2.81. The summed E-state index contributed by atoms with van der Waals surface area (Å²) < 4.78 is 9.26. The van der Waals surface area contributed by atoms with Gasteiger partial charge >= 0.3 is 0 Å². The predicted molar refractivity (Wildman–Crippen MR) is 159 cm³/mol. The molecule has 0 spiro atoms. The van der Waals surface area contributed by atoms with Crippen molar-refractivity contribution in [2.24, 2.45) is 0 Å². The highest BCUT2D eigenvalue weighted by Crippen LogP contribution is 2.44. The van der Waals surface area contributed by atoms with E-state index in [4.69, 9.17) is 9.40 Å². The van der Waals surface area contributed by atoms with Gasteiger partial charge in [-0.05, 0) is 49.2 Å². The Morgan fingerprint density at radius 2 is 1.69 bits per heavy atom. The van der Waals surface area contributed by atoms with E-state index >= 15 is 0 Å². The van der Waals surface area contributed by atoms with Crippen LogP contribution in [0.25, 0.3) is 50.2 Å². The number of pyridine rings is 1. The molecule has 2 atom stereocenters. The van der Waals surface area contributed by atoms with Gasteiger partial charge in [-0.3, -0.25) is 4.57 Å². The summed E-state index contributed by atoms with van der Waals surface area (Å²) in [5, 5.41) is 4.74. The minimum absolute atomic E-state index is 0.266. The number of para-hydroxylation sites is 2. The quantitative estimate of drug-likeness (QED) is 0.275. The molecular weight excluding hydrogens is 478 g/mol. The van der Waals surface area contributed by atoms with Crippen molar-refractivity contribution in [3.63, 3.8) is 0 Å². The van der Waals surface area contributed by atoms with Crippen LogP contribution in [0.15, 0.2) is 114 Å². The van der Waals surface area contributed by atoms with Gasteiger partial charge in [0.15, 0.2) is 0 Å². The zero-order valence-electron chi connectivity index (χ0n) is 21.3. The molecule has 0 fully saturated rings. The Balaban J connectivity index is 1.38. The third-order valence-corrected chi connectivity index (χ3v) is 8.65. The summed E-state index contributed by atoms with van der Waals surface area (Å²) in [4.78, 5) is 7.31. The zero-order valence-corrected chi connectivity index (χ0v) is 21.3. The van der Waals surface area contributed by atoms with Crippen LogP contribution in [0.2, 0.25) is 0 Å². The average Bonchev–Trinajstić information content (AvgIpc) is 3.65. The standard InChI is InChI=1S/C35H25N3O/c1-2-10-22(11-3-1)37-27-14-6-4-12-25(27)32-29(37)19-17-23-24-18-20-30-33(35(24)39-34(23)32)26-13-5-7-15-28(26)38(30)31-16-8-9-21-36-31/h1-10,12-18,20-22,29H,11,19H2. The minimum Gasteiger partial charge on any atom is -0.455 e. The topological polar surface area (TPSA) is 34.2 Å². The third-order valence-electron chi connectivity index (χ3n) is 8.65. The van der Waals surface area contributed by atoms with Crippen LogP contribution < -0.4 is 15.5 Å². The minimum atomic E-state index is 0.266. The molecule has 0 N–H and O–H groups in total. The molecule has 6 aromatic rings. The van der Waals surface area contributed by atoms with Crippen LogP contribution in [0.5, 0.6) is 0 Å². The molecule has 9 rings (SSSR count). The van der Waals surface area contributed by atoms with Crippen LogP contribution in [-0.2, 0) is 0 Å². The fraction of sp³-hybridized carbons (Fsp3) is 0.114. The van der Waals surface area contributed by atoms with E-state index in [1.54, 1.807) is 0 Å². The Hall–Kier alpha value is -4.83. The van der Waals surface area contributed by atoms with Crippen LogP contribution in [0.3, 0.4) is 0 Å². The van der Waals surface area contributed by atoms with Crippen LogP contribution in [-0.4, -0.2) is 21.6 Å². The van der Waals surface area contributed by atoms with Crippen molar-refractivity contribution in [2.75, 3.05) is 4.90 Å². The largest absolute Gasteiger partial charge is 0.455 e. The molecule has 4 heterocycles. The van der Waals surface area contributed by atoms with Crippen molar-refractivity contribution in [1.82, 2.24) is 9.55 Å². The summed E-state index contributed by atoms with van der Waals surface area (Å²) in [6, 6.07) is 28.6. The van der Waals surface area contributed by atoms with Gasteiger partial charge in [0.2, 0.25) is 0 Å². The number of hydrogen-bond acceptors (Lipinski definition) is 3. The van der Waals surface area contributed by atoms with Crippen LogP contribution >= 0.6 is 0 Å². The molecule has 4 heteroatoms. The maximum atomic E-state index is 7.01. The first-order valence-corrected chi connectivity index (χ1v) is 13.7. The van der Waals surface area contributed by atoms with E-state index < -0.39 is 0 Å². The number of benzene rings is 3. The van der Waals surface area contributed by atoms with E-state index in [1.807, 2.05) is 18.3 Å². The van der Waals surface area contributed by atoms with E-state index in [9.17, 15) is 0 Å². The fourth-order valence-corrected chi connectivity index (χ4v) is 7.09. The van der Waals surface area contributed by atoms with E-state index in [2.05, 4.69) is 107 Å². The van der Waals surface area contributed by atoms with Crippen LogP contribution in [0.1, 0.15) is 18.4 Å². The van der Waals surface area contributed by atoms with Gasteiger partial charge in [-0.25, -0.2) is 4.98 Å². The number of fused-ring (bicyclic) bond motifs is 10. The van der Waals surface area contributed by atoms with Crippen molar-refractivity contribution in [1.29, 1.82) is 0 Å². The van der Waals surface area contributed by atoms with Crippen molar-refractivity contribution < 1.29 is 4.42 Å². The lowest BCUT2D eigenvalue weighted by Crippen LogP contribution is -2.43. The lowest BCUT2D eigenvalue weighted by Gasteiger charge is -2.34. The molecule has 39 heavy (non-hydrogen) atoms. The molecule has 186 valence electrons. The van der Waals surface area contributed by atoms with Gasteiger partial charge in [-0.15, -0.1) is 0 Å². The molecule has 4 nitrogen and oxygen atoms in total. The second-order valence-electron chi connectivity index (χ2n) is 10.6. The molecule has 0 saturated carbocycles. The molecular formula is C35H25N3O. The van der Waals surface area contributed by atoms with Gasteiger partial charge in [-0.1, -0.05) is 72.8 Å². The van der Waals surface area contributed by atoms with Crippen molar-refractivity contribution >= 4 is 50.1 Å². The highest BCUT2D eigenvalue weighted by molar-refractivity contribution is 6.19. The molecule has 0 saturated heterocycles. The summed E-state index contributed by atoms with van der Waals surface area (Å²) >= 11 is 0. The Kier molecular flexibility index (Phi) is 4.25. The van der Waals surface area contributed by atoms with Gasteiger partial charge in [0.1, 0.15) is 16.8 Å². The second-order valence-corrected chi connectivity index (χ2v) is 10.6. The number of nitrogens with zero attached hydrogens (tertiary/aromatic N) is 3. The Bertz CT molecular complexity index is 2150. The molecule has 0 radical (unpaired) electrons. The highest BCUT2D eigenvalue weighted by atomic mass is 16.3. The molecule has 0 bridgehead atoms. The number of furan rings is 1. The molecule has 1 aliphatic heterocycles. The van der Waals surface area contributed by atoms with E-state index in [1.165, 1.54) is 32.8 Å². The fourth-order valence-electron chi connectivity index (χ4n) is 7.09. The maximum Gasteiger partial charge on any atom is 0.145 e. The molecule has 2 unspecified atom stereocenters. The maximum absolute atomic E-state index is 7.01. The smallest absolute Gasteiger partial charge is 0.145 e. The van der Waals surface area contributed by atoms with Crippen LogP contribution in [0.4, 0.5) is 5.69 Å². The molecule has 3 aromatic heterocycles. The Morgan fingerprint density at radius 3 is 2.59 bits per heavy atom. The number of hydrogen-bond donors (Lipinski definition) is 0. The van der Waals surface area contributed by atoms with E-state index in [0.717, 1.165) is 46.1 Å². The molecule has 2 aliphatic carbocycles. The summed E-state index contributed by atoms with van der Waals surface area (Å²) in [7, 11) is 0. The monoisotopic (exact) mass is 503 g/mol. The van der Waals surface area contributed by atoms with Gasteiger partial charge in [0.25, 0.3) is 0 Å². The molecule has 0 amide bonds. The lowest BCUT2D eigenvalue weighted by atomic mass is 9.94. The summed E-state index contributed by atoms with van der Waals surface area (Å²) in [6.45, 7) is 0. The number of allylic oxidation sites excluding steroid dienone is 2. The highest BCUT2D eigenvalue weighted by Gasteiger charge is 2.39. The van der Waals surface area contributed by atoms with Gasteiger partial charge in [0.05, 0.1) is 28.5 Å². The van der Waals surface area contributed by atoms with Crippen LogP contribution in [0, 0.1) is 0 Å². The lowest BCUT2D eigenvalue weighted by molar-refractivity contribution is 0.562. The Morgan fingerprint density at radius 1 is 0.795 bits per heavy atom. The Labute approximate surface area is 225 Å². The second kappa shape index (κ2) is 7.84. The van der Waals surface area contributed by atoms with Crippen molar-refractivity contribution in [2.45, 2.75) is 24.9 Å². The van der Waals surface area contributed by atoms with E-state index in [-0.39, 0.29) is 6.04 Å². The number of aromatic nitrogens is 2. The average molecular weight is 504 g/mol. The van der Waals surface area contributed by atoms with Gasteiger partial charge in [-0.2, -0.15) is 0 Å². The first-order chi connectivity index (χ1) is 19.4. The zero-order chi connectivity index (χ0) is 25.5. The molecule has 3 aromatic carbocycles. The predicted octanol–water partition coefficient (Wildman–Crippen LogP) is 6.38. The summed E-state index contributed by atoms with van der Waals surface area (Å²) in [5.41, 5.74) is 8.16. The summed E-state index contributed by atoms with van der Waals surface area (Å²) in [5.74, 6) is 0.912. The normalized spacial score (nSPS) is 19.5. The first-order valence-electron chi connectivity index (χ1n) is 13.7. The first kappa shape index (κ1) is 21.1. The summed E-state index contributed by atoms with van der Waals surface area (Å²) in [6.07, 6.45) is 15.2. The molecule has 3 aliphatic rings. The van der Waals surface area contributed by atoms with Crippen molar-refractivity contribution in [3.05, 3.63) is 126 Å².